The predicted molar refractivity (Wildman–Crippen MR) is 66.9 cm³/mol. The third-order valence-corrected chi connectivity index (χ3v) is 3.00. The summed E-state index contributed by atoms with van der Waals surface area (Å²) >= 11 is 0. The second-order valence-corrected chi connectivity index (χ2v) is 4.32. The van der Waals surface area contributed by atoms with E-state index in [1.54, 1.807) is 0 Å². The fraction of sp³-hybridized carbons (Fsp3) is 0.769. The molecule has 1 fully saturated rings. The second kappa shape index (κ2) is 8.25. The Morgan fingerprint density at radius 3 is 3.06 bits per heavy atom. The van der Waals surface area contributed by atoms with Crippen LogP contribution in [0.15, 0.2) is 12.7 Å². The number of carbonyl (C=O) groups is 1. The third kappa shape index (κ3) is 5.33. The first kappa shape index (κ1) is 14.2. The van der Waals surface area contributed by atoms with Gasteiger partial charge in [0.2, 0.25) is 0 Å². The van der Waals surface area contributed by atoms with Crippen molar-refractivity contribution in [1.82, 2.24) is 4.90 Å². The summed E-state index contributed by atoms with van der Waals surface area (Å²) in [6.07, 6.45) is 6.24. The van der Waals surface area contributed by atoms with Gasteiger partial charge >= 0.3 is 5.97 Å². The molecule has 17 heavy (non-hydrogen) atoms. The van der Waals surface area contributed by atoms with Crippen LogP contribution >= 0.6 is 0 Å². The van der Waals surface area contributed by atoms with E-state index in [1.165, 1.54) is 26.4 Å². The smallest absolute Gasteiger partial charge is 0.336 e. The Morgan fingerprint density at radius 1 is 1.53 bits per heavy atom. The maximum atomic E-state index is 11.3. The zero-order chi connectivity index (χ0) is 12.5. The molecule has 1 aliphatic rings. The molecule has 1 unspecified atom stereocenters. The van der Waals surface area contributed by atoms with Gasteiger partial charge in [0, 0.05) is 13.1 Å². The van der Waals surface area contributed by atoms with Crippen molar-refractivity contribution in [2.75, 3.05) is 33.4 Å². The summed E-state index contributed by atoms with van der Waals surface area (Å²) in [5.41, 5.74) is 0. The van der Waals surface area contributed by atoms with Crippen molar-refractivity contribution in [3.63, 3.8) is 0 Å². The minimum Gasteiger partial charge on any atom is -0.467 e. The highest BCUT2D eigenvalue weighted by atomic mass is 16.6. The molecule has 0 amide bonds. The lowest BCUT2D eigenvalue weighted by Crippen LogP contribution is -2.46. The fourth-order valence-corrected chi connectivity index (χ4v) is 1.98. The van der Waals surface area contributed by atoms with E-state index >= 15 is 0 Å². The molecule has 1 saturated heterocycles. The quantitative estimate of drug-likeness (QED) is 0.385. The van der Waals surface area contributed by atoms with Crippen LogP contribution < -0.4 is 0 Å². The van der Waals surface area contributed by atoms with Gasteiger partial charge in [0.1, 0.15) is 0 Å². The Hall–Kier alpha value is -0.870. The number of allylic oxidation sites excluding steroid dienone is 1. The largest absolute Gasteiger partial charge is 0.467 e. The Bertz CT molecular complexity index is 243. The normalized spacial score (nSPS) is 21.1. The maximum absolute atomic E-state index is 11.3. The van der Waals surface area contributed by atoms with Gasteiger partial charge in [0.05, 0.1) is 13.7 Å². The van der Waals surface area contributed by atoms with Crippen molar-refractivity contribution in [2.45, 2.75) is 31.8 Å². The van der Waals surface area contributed by atoms with Crippen LogP contribution in [-0.2, 0) is 14.3 Å². The SMILES string of the molecule is C=CCCCCCN1CCOC(C(=O)OC)C1. The zero-order valence-corrected chi connectivity index (χ0v) is 10.7. The van der Waals surface area contributed by atoms with E-state index in [2.05, 4.69) is 11.5 Å². The summed E-state index contributed by atoms with van der Waals surface area (Å²) in [7, 11) is 1.40. The number of hydrogen-bond donors (Lipinski definition) is 0. The topological polar surface area (TPSA) is 38.8 Å². The first-order chi connectivity index (χ1) is 8.27. The van der Waals surface area contributed by atoms with Crippen molar-refractivity contribution in [3.05, 3.63) is 12.7 Å². The molecule has 0 radical (unpaired) electrons. The van der Waals surface area contributed by atoms with Crippen LogP contribution in [0.1, 0.15) is 25.7 Å². The molecule has 1 aliphatic heterocycles. The Labute approximate surface area is 104 Å². The van der Waals surface area contributed by atoms with Crippen molar-refractivity contribution < 1.29 is 14.3 Å². The van der Waals surface area contributed by atoms with E-state index in [0.29, 0.717) is 13.2 Å². The third-order valence-electron chi connectivity index (χ3n) is 3.00. The van der Waals surface area contributed by atoms with E-state index in [0.717, 1.165) is 19.5 Å². The van der Waals surface area contributed by atoms with Crippen LogP contribution in [0, 0.1) is 0 Å². The summed E-state index contributed by atoms with van der Waals surface area (Å²) < 4.78 is 10.1. The Kier molecular flexibility index (Phi) is 6.89. The number of esters is 1. The molecular formula is C13H23NO3. The van der Waals surface area contributed by atoms with Gasteiger partial charge in [-0.05, 0) is 25.8 Å². The van der Waals surface area contributed by atoms with Gasteiger partial charge in [-0.3, -0.25) is 4.90 Å². The van der Waals surface area contributed by atoms with Gasteiger partial charge < -0.3 is 9.47 Å². The van der Waals surface area contributed by atoms with Gasteiger partial charge in [0.15, 0.2) is 6.10 Å². The van der Waals surface area contributed by atoms with Crippen LogP contribution in [0.2, 0.25) is 0 Å². The highest BCUT2D eigenvalue weighted by molar-refractivity contribution is 5.74. The van der Waals surface area contributed by atoms with Gasteiger partial charge in [-0.1, -0.05) is 12.5 Å². The van der Waals surface area contributed by atoms with Crippen molar-refractivity contribution in [2.24, 2.45) is 0 Å². The van der Waals surface area contributed by atoms with Crippen LogP contribution in [-0.4, -0.2) is 50.3 Å². The lowest BCUT2D eigenvalue weighted by Gasteiger charge is -2.31. The molecular weight excluding hydrogens is 218 g/mol. The molecule has 0 saturated carbocycles. The molecule has 1 heterocycles. The van der Waals surface area contributed by atoms with E-state index in [9.17, 15) is 4.79 Å². The number of unbranched alkanes of at least 4 members (excludes halogenated alkanes) is 3. The van der Waals surface area contributed by atoms with Crippen molar-refractivity contribution >= 4 is 5.97 Å². The van der Waals surface area contributed by atoms with Crippen LogP contribution in [0.5, 0.6) is 0 Å². The maximum Gasteiger partial charge on any atom is 0.336 e. The molecule has 4 heteroatoms. The summed E-state index contributed by atoms with van der Waals surface area (Å²) in [4.78, 5) is 13.6. The van der Waals surface area contributed by atoms with Crippen LogP contribution in [0.25, 0.3) is 0 Å². The molecule has 0 aromatic heterocycles. The van der Waals surface area contributed by atoms with E-state index in [1.807, 2.05) is 6.08 Å². The van der Waals surface area contributed by atoms with Crippen LogP contribution in [0.3, 0.4) is 0 Å². The Morgan fingerprint density at radius 2 is 2.35 bits per heavy atom. The summed E-state index contributed by atoms with van der Waals surface area (Å²) in [6, 6.07) is 0. The number of morpholine rings is 1. The summed E-state index contributed by atoms with van der Waals surface area (Å²) in [5, 5.41) is 0. The predicted octanol–water partition coefficient (Wildman–Crippen LogP) is 1.61. The fourth-order valence-electron chi connectivity index (χ4n) is 1.98. The molecule has 0 N–H and O–H groups in total. The standard InChI is InChI=1S/C13H23NO3/c1-3-4-5-6-7-8-14-9-10-17-12(11-14)13(15)16-2/h3,12H,1,4-11H2,2H3. The first-order valence-corrected chi connectivity index (χ1v) is 6.30. The first-order valence-electron chi connectivity index (χ1n) is 6.30. The van der Waals surface area contributed by atoms with Gasteiger partial charge in [-0.25, -0.2) is 4.79 Å². The van der Waals surface area contributed by atoms with Gasteiger partial charge in [-0.15, -0.1) is 6.58 Å². The molecule has 4 nitrogen and oxygen atoms in total. The number of hydrogen-bond acceptors (Lipinski definition) is 4. The number of rotatable bonds is 7. The molecule has 0 aromatic rings. The van der Waals surface area contributed by atoms with Gasteiger partial charge in [-0.2, -0.15) is 0 Å². The second-order valence-electron chi connectivity index (χ2n) is 4.32. The molecule has 1 atom stereocenters. The molecule has 1 rings (SSSR count). The highest BCUT2D eigenvalue weighted by Gasteiger charge is 2.26. The monoisotopic (exact) mass is 241 g/mol. The highest BCUT2D eigenvalue weighted by Crippen LogP contribution is 2.09. The van der Waals surface area contributed by atoms with E-state index in [-0.39, 0.29) is 5.97 Å². The molecule has 98 valence electrons. The number of nitrogens with zero attached hydrogens (tertiary/aromatic N) is 1. The minimum atomic E-state index is -0.401. The lowest BCUT2D eigenvalue weighted by molar-refractivity contribution is -0.159. The minimum absolute atomic E-state index is 0.263. The average Bonchev–Trinajstić information content (AvgIpc) is 2.38. The zero-order valence-electron chi connectivity index (χ0n) is 10.7. The molecule has 0 aromatic carbocycles. The van der Waals surface area contributed by atoms with Crippen LogP contribution in [0.4, 0.5) is 0 Å². The van der Waals surface area contributed by atoms with Gasteiger partial charge in [0.25, 0.3) is 0 Å². The average molecular weight is 241 g/mol. The molecule has 0 aliphatic carbocycles. The van der Waals surface area contributed by atoms with Crippen molar-refractivity contribution in [3.8, 4) is 0 Å². The lowest BCUT2D eigenvalue weighted by atomic mass is 10.1. The van der Waals surface area contributed by atoms with E-state index in [4.69, 9.17) is 9.47 Å². The summed E-state index contributed by atoms with van der Waals surface area (Å²) in [6.45, 7) is 6.93. The number of ether oxygens (including phenoxy) is 2. The van der Waals surface area contributed by atoms with Crippen molar-refractivity contribution in [1.29, 1.82) is 0 Å². The Balaban J connectivity index is 2.16. The number of methoxy groups -OCH3 is 1. The van der Waals surface area contributed by atoms with E-state index < -0.39 is 6.10 Å². The molecule has 0 spiro atoms. The number of carbonyl (C=O) groups excluding carboxylic acids is 1. The molecule has 0 bridgehead atoms. The summed E-state index contributed by atoms with van der Waals surface area (Å²) in [5.74, 6) is -0.263.